The first-order chi connectivity index (χ1) is 11.2. The maximum absolute atomic E-state index is 13.0. The van der Waals surface area contributed by atoms with E-state index in [1.54, 1.807) is 32.0 Å². The number of nitriles is 1. The zero-order valence-electron chi connectivity index (χ0n) is 13.1. The van der Waals surface area contributed by atoms with Crippen LogP contribution in [-0.4, -0.2) is 34.2 Å². The minimum Gasteiger partial charge on any atom is -0.390 e. The molecule has 2 amide bonds. The molecule has 0 aromatic heterocycles. The molecule has 1 unspecified atom stereocenters. The number of fused-ring (bicyclic) bond motifs is 5. The molecule has 4 rings (SSSR count). The van der Waals surface area contributed by atoms with Crippen molar-refractivity contribution in [2.75, 3.05) is 4.90 Å². The number of anilines is 1. The van der Waals surface area contributed by atoms with Gasteiger partial charge in [-0.1, -0.05) is 0 Å². The number of halogens is 1. The fourth-order valence-electron chi connectivity index (χ4n) is 4.51. The summed E-state index contributed by atoms with van der Waals surface area (Å²) in [4.78, 5) is 27.2. The van der Waals surface area contributed by atoms with Crippen molar-refractivity contribution in [3.63, 3.8) is 0 Å². The van der Waals surface area contributed by atoms with Crippen molar-refractivity contribution in [2.45, 2.75) is 37.6 Å². The van der Waals surface area contributed by atoms with Crippen LogP contribution in [0, 0.1) is 26.7 Å². The molecule has 24 heavy (non-hydrogen) atoms. The maximum atomic E-state index is 13.0. The van der Waals surface area contributed by atoms with E-state index in [1.165, 1.54) is 4.90 Å². The summed E-state index contributed by atoms with van der Waals surface area (Å²) in [5.41, 5.74) is -0.888. The minimum atomic E-state index is -1.03. The number of nitrogens with zero attached hydrogens (tertiary/aromatic N) is 2. The van der Waals surface area contributed by atoms with Crippen LogP contribution in [0.4, 0.5) is 5.69 Å². The van der Waals surface area contributed by atoms with Gasteiger partial charge in [0, 0.05) is 9.99 Å². The van der Waals surface area contributed by atoms with Gasteiger partial charge in [-0.2, -0.15) is 5.26 Å². The second kappa shape index (κ2) is 4.77. The number of aliphatic hydroxyl groups excluding tert-OH is 1. The van der Waals surface area contributed by atoms with Gasteiger partial charge in [0.15, 0.2) is 0 Å². The Labute approximate surface area is 152 Å². The summed E-state index contributed by atoms with van der Waals surface area (Å²) in [7, 11) is 0. The lowest BCUT2D eigenvalue weighted by molar-refractivity contribution is -0.132. The Balaban J connectivity index is 1.79. The van der Waals surface area contributed by atoms with Crippen LogP contribution in [0.15, 0.2) is 18.2 Å². The fraction of sp³-hybridized carbons (Fsp3) is 0.471. The van der Waals surface area contributed by atoms with Crippen LogP contribution >= 0.6 is 22.6 Å². The monoisotopic (exact) mass is 438 g/mol. The van der Waals surface area contributed by atoms with Crippen LogP contribution < -0.4 is 4.90 Å². The van der Waals surface area contributed by atoms with Gasteiger partial charge in [0.25, 0.3) is 0 Å². The number of benzene rings is 1. The lowest BCUT2D eigenvalue weighted by Gasteiger charge is -2.31. The molecule has 3 saturated heterocycles. The highest BCUT2D eigenvalue weighted by atomic mass is 127. The van der Waals surface area contributed by atoms with Crippen LogP contribution in [0.5, 0.6) is 0 Å². The number of carbonyl (C=O) groups excluding carboxylic acids is 2. The predicted molar refractivity (Wildman–Crippen MR) is 91.9 cm³/mol. The lowest BCUT2D eigenvalue weighted by Crippen LogP contribution is -2.49. The average molecular weight is 438 g/mol. The fourth-order valence-corrected chi connectivity index (χ4v) is 5.13. The van der Waals surface area contributed by atoms with E-state index in [4.69, 9.17) is 10.00 Å². The Hall–Kier alpha value is -1.50. The number of aliphatic hydroxyl groups is 1. The first-order valence-corrected chi connectivity index (χ1v) is 8.76. The molecule has 5 atom stereocenters. The van der Waals surface area contributed by atoms with Crippen molar-refractivity contribution < 1.29 is 19.4 Å². The van der Waals surface area contributed by atoms with E-state index in [1.807, 2.05) is 22.6 Å². The van der Waals surface area contributed by atoms with Gasteiger partial charge < -0.3 is 9.84 Å². The molecule has 1 aromatic rings. The van der Waals surface area contributed by atoms with Gasteiger partial charge in [-0.3, -0.25) is 9.59 Å². The molecule has 0 radical (unpaired) electrons. The smallest absolute Gasteiger partial charge is 0.240 e. The van der Waals surface area contributed by atoms with Crippen LogP contribution in [-0.2, 0) is 14.3 Å². The summed E-state index contributed by atoms with van der Waals surface area (Å²) in [6.07, 6.45) is -0.413. The van der Waals surface area contributed by atoms with E-state index in [0.29, 0.717) is 21.2 Å². The third kappa shape index (κ3) is 1.76. The van der Waals surface area contributed by atoms with Gasteiger partial charge in [-0.15, -0.1) is 0 Å². The molecule has 3 heterocycles. The molecular weight excluding hydrogens is 423 g/mol. The number of carbonyl (C=O) groups is 2. The first-order valence-electron chi connectivity index (χ1n) is 7.68. The van der Waals surface area contributed by atoms with Gasteiger partial charge in [-0.05, 0) is 54.6 Å². The Kier molecular flexibility index (Phi) is 3.18. The van der Waals surface area contributed by atoms with Crippen LogP contribution in [0.1, 0.15) is 25.8 Å². The number of imide groups is 1. The summed E-state index contributed by atoms with van der Waals surface area (Å²) in [5.74, 6) is -1.88. The molecule has 3 fully saturated rings. The molecular formula is C17H15IN2O4. The number of ether oxygens (including phenoxy) is 1. The van der Waals surface area contributed by atoms with Crippen molar-refractivity contribution in [1.29, 1.82) is 5.26 Å². The van der Waals surface area contributed by atoms with Gasteiger partial charge in [0.2, 0.25) is 11.8 Å². The number of hydrogen-bond donors (Lipinski definition) is 1. The second-order valence-electron chi connectivity index (χ2n) is 7.06. The van der Waals surface area contributed by atoms with Crippen LogP contribution in [0.2, 0.25) is 0 Å². The van der Waals surface area contributed by atoms with Crippen molar-refractivity contribution in [3.8, 4) is 6.07 Å². The first kappa shape index (κ1) is 16.0. The molecule has 6 nitrogen and oxygen atoms in total. The number of hydrogen-bond acceptors (Lipinski definition) is 5. The molecule has 2 bridgehead atoms. The Morgan fingerprint density at radius 1 is 1.33 bits per heavy atom. The zero-order chi connectivity index (χ0) is 17.4. The summed E-state index contributed by atoms with van der Waals surface area (Å²) in [6.45, 7) is 3.51. The Morgan fingerprint density at radius 3 is 2.62 bits per heavy atom. The highest BCUT2D eigenvalue weighted by Gasteiger charge is 2.75. The third-order valence-electron chi connectivity index (χ3n) is 5.63. The molecule has 1 N–H and O–H groups in total. The van der Waals surface area contributed by atoms with E-state index in [2.05, 4.69) is 6.07 Å². The summed E-state index contributed by atoms with van der Waals surface area (Å²) >= 11 is 2.01. The van der Waals surface area contributed by atoms with Crippen molar-refractivity contribution in [3.05, 3.63) is 27.3 Å². The predicted octanol–water partition coefficient (Wildman–Crippen LogP) is 1.58. The molecule has 0 spiro atoms. The van der Waals surface area contributed by atoms with E-state index in [-0.39, 0.29) is 11.8 Å². The molecule has 0 aliphatic carbocycles. The lowest BCUT2D eigenvalue weighted by atomic mass is 9.67. The van der Waals surface area contributed by atoms with Crippen molar-refractivity contribution >= 4 is 40.1 Å². The van der Waals surface area contributed by atoms with Crippen LogP contribution in [0.3, 0.4) is 0 Å². The standard InChI is InChI=1S/C17H15IN2O4/c1-16-6-11(21)17(2,24-16)13-12(16)14(22)20(15(13)23)9-4-3-8(7-19)10(18)5-9/h3-5,11-13,21H,6H2,1-2H3/t11-,12-,13+,16+,17?/m1/s1. The maximum Gasteiger partial charge on any atom is 0.240 e. The number of amides is 2. The molecule has 1 aromatic carbocycles. The quantitative estimate of drug-likeness (QED) is 0.531. The average Bonchev–Trinajstić information content (AvgIpc) is 3.01. The minimum absolute atomic E-state index is 0.288. The summed E-state index contributed by atoms with van der Waals surface area (Å²) in [6, 6.07) is 6.95. The van der Waals surface area contributed by atoms with Gasteiger partial charge in [0.1, 0.15) is 11.7 Å². The van der Waals surface area contributed by atoms with E-state index < -0.39 is 29.1 Å². The summed E-state index contributed by atoms with van der Waals surface area (Å²) < 4.78 is 6.63. The summed E-state index contributed by atoms with van der Waals surface area (Å²) in [5, 5.41) is 19.4. The SMILES string of the molecule is CC12O[C@@](C)(C[C@H]1O)[C@H]1C(=O)N(c3ccc(C#N)c(I)c3)C(=O)[C@H]12. The van der Waals surface area contributed by atoms with Gasteiger partial charge in [-0.25, -0.2) is 4.90 Å². The molecule has 124 valence electrons. The molecule has 7 heteroatoms. The molecule has 3 aliphatic heterocycles. The van der Waals surface area contributed by atoms with Gasteiger partial charge in [0.05, 0.1) is 34.8 Å². The van der Waals surface area contributed by atoms with E-state index in [9.17, 15) is 14.7 Å². The van der Waals surface area contributed by atoms with E-state index >= 15 is 0 Å². The molecule has 3 aliphatic rings. The van der Waals surface area contributed by atoms with Crippen molar-refractivity contribution in [1.82, 2.24) is 0 Å². The largest absolute Gasteiger partial charge is 0.390 e. The number of rotatable bonds is 1. The Morgan fingerprint density at radius 2 is 2.00 bits per heavy atom. The highest BCUT2D eigenvalue weighted by molar-refractivity contribution is 14.1. The van der Waals surface area contributed by atoms with Gasteiger partial charge >= 0.3 is 0 Å². The highest BCUT2D eigenvalue weighted by Crippen LogP contribution is 2.60. The van der Waals surface area contributed by atoms with E-state index in [0.717, 1.165) is 0 Å². The second-order valence-corrected chi connectivity index (χ2v) is 8.22. The Bertz CT molecular complexity index is 834. The van der Waals surface area contributed by atoms with Crippen LogP contribution in [0.25, 0.3) is 0 Å². The normalized spacial score (nSPS) is 40.1. The zero-order valence-corrected chi connectivity index (χ0v) is 15.3. The third-order valence-corrected chi connectivity index (χ3v) is 6.52. The molecule has 0 saturated carbocycles. The topological polar surface area (TPSA) is 90.6 Å². The van der Waals surface area contributed by atoms with Crippen molar-refractivity contribution in [2.24, 2.45) is 11.8 Å².